The molecule has 0 aromatic carbocycles. The van der Waals surface area contributed by atoms with Crippen molar-refractivity contribution in [1.29, 1.82) is 0 Å². The highest BCUT2D eigenvalue weighted by Crippen LogP contribution is 2.30. The first kappa shape index (κ1) is 13.3. The number of nitrogens with two attached hydrogens (primary N) is 1. The van der Waals surface area contributed by atoms with Crippen molar-refractivity contribution in [2.75, 3.05) is 6.54 Å². The van der Waals surface area contributed by atoms with Crippen LogP contribution in [0.15, 0.2) is 17.8 Å². The molecule has 0 bridgehead atoms. The summed E-state index contributed by atoms with van der Waals surface area (Å²) in [5.41, 5.74) is 8.57. The maximum Gasteiger partial charge on any atom is 0.0610 e. The average Bonchev–Trinajstić information content (AvgIpc) is 2.85. The zero-order valence-electron chi connectivity index (χ0n) is 11.4. The molecule has 0 radical (unpaired) electrons. The second-order valence-electron chi connectivity index (χ2n) is 5.24. The summed E-state index contributed by atoms with van der Waals surface area (Å²) < 4.78 is 2.08. The van der Waals surface area contributed by atoms with Crippen molar-refractivity contribution in [3.05, 3.63) is 23.5 Å². The van der Waals surface area contributed by atoms with Crippen LogP contribution in [0.4, 0.5) is 0 Å². The van der Waals surface area contributed by atoms with Gasteiger partial charge in [-0.2, -0.15) is 5.10 Å². The summed E-state index contributed by atoms with van der Waals surface area (Å²) in [6.45, 7) is 3.85. The van der Waals surface area contributed by atoms with Crippen molar-refractivity contribution < 1.29 is 0 Å². The summed E-state index contributed by atoms with van der Waals surface area (Å²) in [6.07, 6.45) is 12.0. The van der Waals surface area contributed by atoms with E-state index in [1.807, 2.05) is 6.20 Å². The number of rotatable bonds is 5. The van der Waals surface area contributed by atoms with Gasteiger partial charge in [0.15, 0.2) is 0 Å². The second kappa shape index (κ2) is 6.74. The average molecular weight is 247 g/mol. The molecule has 2 rings (SSSR count). The maximum atomic E-state index is 5.95. The van der Waals surface area contributed by atoms with E-state index in [4.69, 9.17) is 5.73 Å². The minimum Gasteiger partial charge on any atom is -0.327 e. The minimum atomic E-state index is 0.683. The van der Waals surface area contributed by atoms with Gasteiger partial charge in [-0.05, 0) is 37.3 Å². The highest BCUT2D eigenvalue weighted by molar-refractivity contribution is 5.50. The molecule has 0 aliphatic heterocycles. The molecule has 0 amide bonds. The van der Waals surface area contributed by atoms with Crippen molar-refractivity contribution >= 4 is 6.08 Å². The molecule has 3 heteroatoms. The third-order valence-electron chi connectivity index (χ3n) is 3.88. The van der Waals surface area contributed by atoms with Gasteiger partial charge in [-0.15, -0.1) is 0 Å². The van der Waals surface area contributed by atoms with Crippen LogP contribution < -0.4 is 5.73 Å². The van der Waals surface area contributed by atoms with Gasteiger partial charge in [0.2, 0.25) is 0 Å². The third-order valence-corrected chi connectivity index (χ3v) is 3.88. The van der Waals surface area contributed by atoms with E-state index in [0.717, 1.165) is 13.0 Å². The molecule has 1 heterocycles. The van der Waals surface area contributed by atoms with Gasteiger partial charge in [-0.25, -0.2) is 0 Å². The lowest BCUT2D eigenvalue weighted by Crippen LogP contribution is -2.16. The van der Waals surface area contributed by atoms with Crippen LogP contribution in [0.3, 0.4) is 0 Å². The van der Waals surface area contributed by atoms with Crippen LogP contribution in [-0.4, -0.2) is 16.3 Å². The Morgan fingerprint density at radius 3 is 2.89 bits per heavy atom. The molecule has 18 heavy (non-hydrogen) atoms. The molecule has 3 nitrogen and oxygen atoms in total. The van der Waals surface area contributed by atoms with E-state index in [-0.39, 0.29) is 0 Å². The second-order valence-corrected chi connectivity index (χ2v) is 5.24. The molecule has 0 atom stereocenters. The summed E-state index contributed by atoms with van der Waals surface area (Å²) in [5, 5.41) is 4.37. The molecular weight excluding hydrogens is 222 g/mol. The number of aromatic nitrogens is 2. The fourth-order valence-corrected chi connectivity index (χ4v) is 2.87. The normalized spacial score (nSPS) is 18.2. The summed E-state index contributed by atoms with van der Waals surface area (Å²) in [4.78, 5) is 0. The Hall–Kier alpha value is -1.09. The first-order valence-electron chi connectivity index (χ1n) is 7.27. The van der Waals surface area contributed by atoms with E-state index < -0.39 is 0 Å². The van der Waals surface area contributed by atoms with E-state index in [1.165, 1.54) is 43.4 Å². The maximum absolute atomic E-state index is 5.95. The van der Waals surface area contributed by atoms with Crippen molar-refractivity contribution in [2.24, 2.45) is 11.7 Å². The Bertz CT molecular complexity index is 386. The number of nitrogens with zero attached hydrogens (tertiary/aromatic N) is 2. The van der Waals surface area contributed by atoms with Crippen LogP contribution in [0.2, 0.25) is 0 Å². The summed E-state index contributed by atoms with van der Waals surface area (Å²) in [6, 6.07) is 2.09. The van der Waals surface area contributed by atoms with Crippen LogP contribution in [0, 0.1) is 5.92 Å². The van der Waals surface area contributed by atoms with E-state index in [2.05, 4.69) is 28.8 Å². The van der Waals surface area contributed by atoms with Gasteiger partial charge in [0.25, 0.3) is 0 Å². The number of hydrogen-bond acceptors (Lipinski definition) is 2. The molecule has 0 spiro atoms. The van der Waals surface area contributed by atoms with Gasteiger partial charge in [-0.1, -0.05) is 31.8 Å². The fourth-order valence-electron chi connectivity index (χ4n) is 2.87. The first-order chi connectivity index (χ1) is 8.85. The molecule has 100 valence electrons. The molecule has 1 aliphatic carbocycles. The SMILES string of the molecule is CCCn1nccc1/C=C(/CN)C1CCCCC1. The van der Waals surface area contributed by atoms with Crippen molar-refractivity contribution in [3.8, 4) is 0 Å². The molecule has 0 unspecified atom stereocenters. The van der Waals surface area contributed by atoms with Crippen molar-refractivity contribution in [2.45, 2.75) is 52.0 Å². The fraction of sp³-hybridized carbons (Fsp3) is 0.667. The number of aryl methyl sites for hydroxylation is 1. The Morgan fingerprint density at radius 2 is 2.22 bits per heavy atom. The monoisotopic (exact) mass is 247 g/mol. The molecule has 1 aliphatic rings. The van der Waals surface area contributed by atoms with E-state index >= 15 is 0 Å². The Kier molecular flexibility index (Phi) is 5.00. The van der Waals surface area contributed by atoms with Crippen molar-refractivity contribution in [3.63, 3.8) is 0 Å². The van der Waals surface area contributed by atoms with Crippen LogP contribution >= 0.6 is 0 Å². The predicted octanol–water partition coefficient (Wildman–Crippen LogP) is 3.22. The Labute approximate surface area is 110 Å². The van der Waals surface area contributed by atoms with Gasteiger partial charge in [0, 0.05) is 19.3 Å². The van der Waals surface area contributed by atoms with Crippen LogP contribution in [0.1, 0.15) is 51.1 Å². The van der Waals surface area contributed by atoms with Gasteiger partial charge >= 0.3 is 0 Å². The molecular formula is C15H25N3. The van der Waals surface area contributed by atoms with Gasteiger partial charge < -0.3 is 5.73 Å². The topological polar surface area (TPSA) is 43.8 Å². The first-order valence-corrected chi connectivity index (χ1v) is 7.27. The van der Waals surface area contributed by atoms with Gasteiger partial charge in [0.1, 0.15) is 0 Å². The zero-order chi connectivity index (χ0) is 12.8. The summed E-state index contributed by atoms with van der Waals surface area (Å²) in [5.74, 6) is 0.703. The molecule has 1 saturated carbocycles. The number of hydrogen-bond donors (Lipinski definition) is 1. The summed E-state index contributed by atoms with van der Waals surface area (Å²) >= 11 is 0. The quantitative estimate of drug-likeness (QED) is 0.868. The lowest BCUT2D eigenvalue weighted by Gasteiger charge is -2.24. The minimum absolute atomic E-state index is 0.683. The molecule has 1 aromatic heterocycles. The van der Waals surface area contributed by atoms with Gasteiger partial charge in [-0.3, -0.25) is 4.68 Å². The largest absolute Gasteiger partial charge is 0.327 e. The lowest BCUT2D eigenvalue weighted by molar-refractivity contribution is 0.401. The van der Waals surface area contributed by atoms with Crippen molar-refractivity contribution in [1.82, 2.24) is 9.78 Å². The standard InChI is InChI=1S/C15H25N3/c1-2-10-18-15(8-9-17-18)11-14(12-16)13-6-4-3-5-7-13/h8-9,11,13H,2-7,10,12,16H2,1H3/b14-11-. The highest BCUT2D eigenvalue weighted by Gasteiger charge is 2.17. The van der Waals surface area contributed by atoms with E-state index in [1.54, 1.807) is 0 Å². The molecule has 1 fully saturated rings. The lowest BCUT2D eigenvalue weighted by atomic mass is 9.83. The van der Waals surface area contributed by atoms with Crippen LogP contribution in [-0.2, 0) is 6.54 Å². The van der Waals surface area contributed by atoms with Crippen LogP contribution in [0.5, 0.6) is 0 Å². The van der Waals surface area contributed by atoms with E-state index in [9.17, 15) is 0 Å². The smallest absolute Gasteiger partial charge is 0.0610 e. The summed E-state index contributed by atoms with van der Waals surface area (Å²) in [7, 11) is 0. The molecule has 2 N–H and O–H groups in total. The third kappa shape index (κ3) is 3.22. The Morgan fingerprint density at radius 1 is 1.44 bits per heavy atom. The van der Waals surface area contributed by atoms with Gasteiger partial charge in [0.05, 0.1) is 5.69 Å². The molecule has 1 aromatic rings. The predicted molar refractivity (Wildman–Crippen MR) is 76.1 cm³/mol. The highest BCUT2D eigenvalue weighted by atomic mass is 15.3. The zero-order valence-corrected chi connectivity index (χ0v) is 11.4. The van der Waals surface area contributed by atoms with E-state index in [0.29, 0.717) is 12.5 Å². The Balaban J connectivity index is 2.14. The van der Waals surface area contributed by atoms with Crippen LogP contribution in [0.25, 0.3) is 6.08 Å². The molecule has 0 saturated heterocycles.